The maximum atomic E-state index is 12.9. The minimum Gasteiger partial charge on any atom is -0.507 e. The van der Waals surface area contributed by atoms with Gasteiger partial charge in [-0.3, -0.25) is 9.59 Å². The molecule has 1 aliphatic heterocycles. The van der Waals surface area contributed by atoms with Crippen molar-refractivity contribution in [2.75, 3.05) is 41.4 Å². The lowest BCUT2D eigenvalue weighted by Crippen LogP contribution is -2.35. The molecule has 0 bridgehead atoms. The number of rotatable bonds is 7. The quantitative estimate of drug-likeness (QED) is 0.425. The van der Waals surface area contributed by atoms with Gasteiger partial charge >= 0.3 is 0 Å². The van der Waals surface area contributed by atoms with Crippen molar-refractivity contribution >= 4 is 28.8 Å². The number of hydrogen-bond donors (Lipinski definition) is 1. The van der Waals surface area contributed by atoms with Gasteiger partial charge in [0.05, 0.1) is 25.8 Å². The van der Waals surface area contributed by atoms with E-state index < -0.39 is 17.7 Å². The Labute approximate surface area is 173 Å². The molecule has 3 rings (SSSR count). The lowest BCUT2D eigenvalue weighted by Gasteiger charge is -2.25. The van der Waals surface area contributed by atoms with Crippen molar-refractivity contribution in [2.24, 2.45) is 0 Å². The molecule has 0 aliphatic carbocycles. The zero-order valence-corrected chi connectivity index (χ0v) is 17.7. The van der Waals surface area contributed by atoms with E-state index in [1.54, 1.807) is 18.2 Å². The Bertz CT molecular complexity index is 937. The molecule has 1 aromatic heterocycles. The van der Waals surface area contributed by atoms with Crippen LogP contribution in [-0.4, -0.2) is 68.0 Å². The van der Waals surface area contributed by atoms with Gasteiger partial charge in [0.15, 0.2) is 11.5 Å². The number of carbonyl (C=O) groups is 2. The summed E-state index contributed by atoms with van der Waals surface area (Å²) in [5.74, 6) is -0.590. The van der Waals surface area contributed by atoms with Crippen molar-refractivity contribution in [1.82, 2.24) is 9.80 Å². The van der Waals surface area contributed by atoms with Gasteiger partial charge in [0, 0.05) is 23.5 Å². The number of amides is 1. The Balaban J connectivity index is 2.11. The molecule has 0 radical (unpaired) electrons. The van der Waals surface area contributed by atoms with E-state index in [2.05, 4.69) is 0 Å². The number of Topliss-reactive ketones (excluding diaryl/α,β-unsaturated/α-hetero) is 1. The molecular weight excluding hydrogens is 392 g/mol. The van der Waals surface area contributed by atoms with Gasteiger partial charge in [0.25, 0.3) is 11.7 Å². The fourth-order valence-corrected chi connectivity index (χ4v) is 4.15. The summed E-state index contributed by atoms with van der Waals surface area (Å²) in [6.07, 6.45) is 0. The number of thiophene rings is 1. The van der Waals surface area contributed by atoms with Crippen LogP contribution in [0.2, 0.25) is 0 Å². The highest BCUT2D eigenvalue weighted by Gasteiger charge is 2.46. The topological polar surface area (TPSA) is 79.3 Å². The third kappa shape index (κ3) is 3.99. The van der Waals surface area contributed by atoms with Gasteiger partial charge in [-0.25, -0.2) is 0 Å². The lowest BCUT2D eigenvalue weighted by atomic mass is 9.99. The Morgan fingerprint density at radius 1 is 1.17 bits per heavy atom. The SMILES string of the molecule is COc1ccc(/C(O)=C2\C(=O)C(=O)N(CCN(C)C)[C@H]2c2cccs2)cc1OC. The van der Waals surface area contributed by atoms with Crippen LogP contribution in [0.5, 0.6) is 11.5 Å². The van der Waals surface area contributed by atoms with E-state index in [-0.39, 0.29) is 11.3 Å². The second kappa shape index (κ2) is 8.67. The van der Waals surface area contributed by atoms with Crippen LogP contribution in [0.3, 0.4) is 0 Å². The van der Waals surface area contributed by atoms with Crippen molar-refractivity contribution in [2.45, 2.75) is 6.04 Å². The van der Waals surface area contributed by atoms with Crippen molar-refractivity contribution in [1.29, 1.82) is 0 Å². The largest absolute Gasteiger partial charge is 0.507 e. The first-order valence-electron chi connectivity index (χ1n) is 9.08. The molecule has 7 nitrogen and oxygen atoms in total. The average molecular weight is 416 g/mol. The fraction of sp³-hybridized carbons (Fsp3) is 0.333. The third-order valence-electron chi connectivity index (χ3n) is 4.80. The van der Waals surface area contributed by atoms with Crippen LogP contribution in [0, 0.1) is 0 Å². The summed E-state index contributed by atoms with van der Waals surface area (Å²) < 4.78 is 10.5. The van der Waals surface area contributed by atoms with E-state index in [0.29, 0.717) is 30.2 Å². The molecule has 0 spiro atoms. The number of methoxy groups -OCH3 is 2. The van der Waals surface area contributed by atoms with E-state index in [9.17, 15) is 14.7 Å². The van der Waals surface area contributed by atoms with E-state index in [1.165, 1.54) is 30.5 Å². The molecule has 154 valence electrons. The van der Waals surface area contributed by atoms with Crippen LogP contribution in [0.4, 0.5) is 0 Å². The second-order valence-corrected chi connectivity index (χ2v) is 7.86. The van der Waals surface area contributed by atoms with Crippen LogP contribution in [0.15, 0.2) is 41.3 Å². The van der Waals surface area contributed by atoms with Crippen LogP contribution >= 0.6 is 11.3 Å². The van der Waals surface area contributed by atoms with E-state index in [1.807, 2.05) is 36.5 Å². The number of likely N-dealkylation sites (N-methyl/N-ethyl adjacent to an activating group) is 1. The number of aliphatic hydroxyl groups is 1. The van der Waals surface area contributed by atoms with Gasteiger partial charge in [-0.2, -0.15) is 0 Å². The van der Waals surface area contributed by atoms with Crippen LogP contribution in [-0.2, 0) is 9.59 Å². The molecule has 1 N–H and O–H groups in total. The molecule has 29 heavy (non-hydrogen) atoms. The highest BCUT2D eigenvalue weighted by molar-refractivity contribution is 7.10. The lowest BCUT2D eigenvalue weighted by molar-refractivity contribution is -0.140. The maximum Gasteiger partial charge on any atom is 0.295 e. The van der Waals surface area contributed by atoms with E-state index >= 15 is 0 Å². The molecule has 8 heteroatoms. The Morgan fingerprint density at radius 3 is 2.48 bits per heavy atom. The zero-order chi connectivity index (χ0) is 21.1. The monoisotopic (exact) mass is 416 g/mol. The van der Waals surface area contributed by atoms with Crippen LogP contribution in [0.25, 0.3) is 5.76 Å². The molecule has 2 heterocycles. The fourth-order valence-electron chi connectivity index (χ4n) is 3.30. The van der Waals surface area contributed by atoms with Gasteiger partial charge in [0.2, 0.25) is 0 Å². The highest BCUT2D eigenvalue weighted by Crippen LogP contribution is 2.41. The van der Waals surface area contributed by atoms with Crippen molar-refractivity contribution < 1.29 is 24.2 Å². The number of nitrogens with zero attached hydrogens (tertiary/aromatic N) is 2. The number of ether oxygens (including phenoxy) is 2. The number of likely N-dealkylation sites (tertiary alicyclic amines) is 1. The van der Waals surface area contributed by atoms with Gasteiger partial charge in [-0.05, 0) is 43.7 Å². The standard InChI is InChI=1S/C21H24N2O5S/c1-22(2)9-10-23-18(16-6-5-11-29-16)17(20(25)21(23)26)19(24)13-7-8-14(27-3)15(12-13)28-4/h5-8,11-12,18,24H,9-10H2,1-4H3/b19-17+/t18-/m0/s1. The number of hydrogen-bond acceptors (Lipinski definition) is 7. The summed E-state index contributed by atoms with van der Waals surface area (Å²) in [6, 6.07) is 7.98. The molecular formula is C21H24N2O5S. The minimum atomic E-state index is -0.686. The minimum absolute atomic E-state index is 0.0865. The predicted octanol–water partition coefficient (Wildman–Crippen LogP) is 2.75. The zero-order valence-electron chi connectivity index (χ0n) is 16.8. The number of ketones is 1. The Hall–Kier alpha value is -2.84. The molecule has 1 aliphatic rings. The van der Waals surface area contributed by atoms with Crippen LogP contribution in [0.1, 0.15) is 16.5 Å². The average Bonchev–Trinajstić information content (AvgIpc) is 3.32. The molecule has 1 saturated heterocycles. The van der Waals surface area contributed by atoms with E-state index in [0.717, 1.165) is 4.88 Å². The molecule has 1 fully saturated rings. The predicted molar refractivity (Wildman–Crippen MR) is 111 cm³/mol. The van der Waals surface area contributed by atoms with Crippen LogP contribution < -0.4 is 9.47 Å². The Kier molecular flexibility index (Phi) is 6.24. The first-order chi connectivity index (χ1) is 13.9. The molecule has 2 aromatic rings. The maximum absolute atomic E-state index is 12.9. The molecule has 0 saturated carbocycles. The number of aliphatic hydroxyl groups excluding tert-OH is 1. The summed E-state index contributed by atoms with van der Waals surface area (Å²) >= 11 is 1.44. The summed E-state index contributed by atoms with van der Waals surface area (Å²) in [7, 11) is 6.82. The van der Waals surface area contributed by atoms with Crippen molar-refractivity contribution in [3.63, 3.8) is 0 Å². The number of benzene rings is 1. The van der Waals surface area contributed by atoms with Gasteiger partial charge in [-0.1, -0.05) is 6.07 Å². The normalized spacial score (nSPS) is 18.5. The van der Waals surface area contributed by atoms with Gasteiger partial charge in [-0.15, -0.1) is 11.3 Å². The highest BCUT2D eigenvalue weighted by atomic mass is 32.1. The van der Waals surface area contributed by atoms with Gasteiger partial charge in [0.1, 0.15) is 5.76 Å². The molecule has 0 unspecified atom stereocenters. The van der Waals surface area contributed by atoms with Crippen molar-refractivity contribution in [3.05, 3.63) is 51.7 Å². The second-order valence-electron chi connectivity index (χ2n) is 6.88. The first kappa shape index (κ1) is 20.9. The number of carbonyl (C=O) groups excluding carboxylic acids is 2. The van der Waals surface area contributed by atoms with Gasteiger partial charge < -0.3 is 24.4 Å². The summed E-state index contributed by atoms with van der Waals surface area (Å²) in [6.45, 7) is 0.980. The van der Waals surface area contributed by atoms with Crippen molar-refractivity contribution in [3.8, 4) is 11.5 Å². The molecule has 1 aromatic carbocycles. The summed E-state index contributed by atoms with van der Waals surface area (Å²) in [5, 5.41) is 12.9. The summed E-state index contributed by atoms with van der Waals surface area (Å²) in [4.78, 5) is 29.9. The summed E-state index contributed by atoms with van der Waals surface area (Å²) in [5.41, 5.74) is 0.471. The first-order valence-corrected chi connectivity index (χ1v) is 9.96. The van der Waals surface area contributed by atoms with E-state index in [4.69, 9.17) is 9.47 Å². The molecule has 1 atom stereocenters. The Morgan fingerprint density at radius 2 is 1.90 bits per heavy atom. The third-order valence-corrected chi connectivity index (χ3v) is 5.72. The smallest absolute Gasteiger partial charge is 0.295 e. The molecule has 1 amide bonds.